The molecule has 0 saturated carbocycles. The summed E-state index contributed by atoms with van der Waals surface area (Å²) < 4.78 is 0. The van der Waals surface area contributed by atoms with Gasteiger partial charge in [-0.15, -0.1) is 0 Å². The number of nitrogens with zero attached hydrogens (tertiary/aromatic N) is 1. The molecule has 1 aromatic heterocycles. The minimum atomic E-state index is -0.998. The van der Waals surface area contributed by atoms with Gasteiger partial charge < -0.3 is 15.0 Å². The number of carboxylic acid groups (broad SMARTS) is 1. The number of hydrogen-bond donors (Lipinski definition) is 2. The molecule has 0 spiro atoms. The fourth-order valence-corrected chi connectivity index (χ4v) is 1.89. The third kappa shape index (κ3) is 3.36. The molecule has 6 heteroatoms. The molecule has 0 unspecified atom stereocenters. The number of aromatic nitrogens is 1. The first-order valence-electron chi connectivity index (χ1n) is 6.24. The monoisotopic (exact) mass is 286 g/mol. The van der Waals surface area contributed by atoms with Crippen molar-refractivity contribution < 1.29 is 14.7 Å². The maximum atomic E-state index is 12.2. The Morgan fingerprint density at radius 3 is 2.43 bits per heavy atom. The maximum absolute atomic E-state index is 12.2. The normalized spacial score (nSPS) is 10.1. The van der Waals surface area contributed by atoms with Gasteiger partial charge in [0.15, 0.2) is 5.43 Å². The summed E-state index contributed by atoms with van der Waals surface area (Å²) in [6, 6.07) is 7.53. The van der Waals surface area contributed by atoms with Crippen LogP contribution >= 0.6 is 0 Å². The van der Waals surface area contributed by atoms with Crippen LogP contribution in [0.2, 0.25) is 0 Å². The van der Waals surface area contributed by atoms with Crippen LogP contribution in [-0.4, -0.2) is 33.9 Å². The van der Waals surface area contributed by atoms with Crippen LogP contribution in [0.15, 0.2) is 47.5 Å². The molecule has 0 aliphatic rings. The van der Waals surface area contributed by atoms with Crippen LogP contribution in [0.1, 0.15) is 26.3 Å². The van der Waals surface area contributed by atoms with E-state index in [1.165, 1.54) is 35.5 Å². The Morgan fingerprint density at radius 2 is 1.86 bits per heavy atom. The first kappa shape index (κ1) is 14.5. The lowest BCUT2D eigenvalue weighted by atomic mass is 10.1. The van der Waals surface area contributed by atoms with Gasteiger partial charge in [-0.25, -0.2) is 4.79 Å². The van der Waals surface area contributed by atoms with Crippen LogP contribution in [0, 0.1) is 0 Å². The van der Waals surface area contributed by atoms with Crippen LogP contribution in [-0.2, 0) is 6.54 Å². The second-order valence-corrected chi connectivity index (χ2v) is 4.59. The first-order valence-corrected chi connectivity index (χ1v) is 6.24. The molecule has 2 rings (SSSR count). The number of carbonyl (C=O) groups excluding carboxylic acids is 1. The second-order valence-electron chi connectivity index (χ2n) is 4.59. The van der Waals surface area contributed by atoms with Crippen LogP contribution in [0.25, 0.3) is 0 Å². The summed E-state index contributed by atoms with van der Waals surface area (Å²) in [4.78, 5) is 38.6. The van der Waals surface area contributed by atoms with Crippen molar-refractivity contribution in [1.82, 2.24) is 9.88 Å². The van der Waals surface area contributed by atoms with Crippen LogP contribution in [0.4, 0.5) is 0 Å². The minimum absolute atomic E-state index is 0.0714. The molecule has 21 heavy (non-hydrogen) atoms. The molecule has 108 valence electrons. The summed E-state index contributed by atoms with van der Waals surface area (Å²) in [6.07, 6.45) is 2.83. The van der Waals surface area contributed by atoms with Crippen LogP contribution < -0.4 is 5.43 Å². The summed E-state index contributed by atoms with van der Waals surface area (Å²) >= 11 is 0. The van der Waals surface area contributed by atoms with Crippen molar-refractivity contribution in [1.29, 1.82) is 0 Å². The number of carbonyl (C=O) groups is 2. The average molecular weight is 286 g/mol. The number of aromatic amines is 1. The lowest BCUT2D eigenvalue weighted by Gasteiger charge is -2.17. The molecule has 0 fully saturated rings. The number of hydrogen-bond acceptors (Lipinski definition) is 3. The van der Waals surface area contributed by atoms with Crippen molar-refractivity contribution in [3.05, 3.63) is 69.6 Å². The van der Waals surface area contributed by atoms with Gasteiger partial charge in [0.25, 0.3) is 5.91 Å². The van der Waals surface area contributed by atoms with Gasteiger partial charge in [0.05, 0.1) is 5.56 Å². The maximum Gasteiger partial charge on any atom is 0.335 e. The van der Waals surface area contributed by atoms with E-state index in [9.17, 15) is 14.4 Å². The van der Waals surface area contributed by atoms with Crippen molar-refractivity contribution in [3.8, 4) is 0 Å². The van der Waals surface area contributed by atoms with E-state index >= 15 is 0 Å². The van der Waals surface area contributed by atoms with Gasteiger partial charge in [-0.1, -0.05) is 12.1 Å². The molecule has 1 amide bonds. The van der Waals surface area contributed by atoms with Crippen molar-refractivity contribution in [2.75, 3.05) is 7.05 Å². The predicted octanol–water partition coefficient (Wildman–Crippen LogP) is 1.35. The zero-order chi connectivity index (χ0) is 15.4. The van der Waals surface area contributed by atoms with Gasteiger partial charge >= 0.3 is 5.97 Å². The Bertz CT molecular complexity index is 719. The zero-order valence-corrected chi connectivity index (χ0v) is 11.4. The van der Waals surface area contributed by atoms with Crippen molar-refractivity contribution in [2.24, 2.45) is 0 Å². The fourth-order valence-electron chi connectivity index (χ4n) is 1.89. The largest absolute Gasteiger partial charge is 0.478 e. The summed E-state index contributed by atoms with van der Waals surface area (Å²) in [6.45, 7) is 0.285. The lowest BCUT2D eigenvalue weighted by Crippen LogP contribution is -2.30. The Labute approximate surface area is 120 Å². The summed E-state index contributed by atoms with van der Waals surface area (Å²) in [5.41, 5.74) is 0.699. The second kappa shape index (κ2) is 6.04. The Balaban J connectivity index is 2.12. The molecular weight excluding hydrogens is 272 g/mol. The summed E-state index contributed by atoms with van der Waals surface area (Å²) in [7, 11) is 1.58. The van der Waals surface area contributed by atoms with Gasteiger partial charge in [0, 0.05) is 32.1 Å². The lowest BCUT2D eigenvalue weighted by molar-refractivity contribution is 0.0695. The Morgan fingerprint density at radius 1 is 1.19 bits per heavy atom. The van der Waals surface area contributed by atoms with Crippen molar-refractivity contribution in [2.45, 2.75) is 6.54 Å². The topological polar surface area (TPSA) is 90.5 Å². The third-order valence-electron chi connectivity index (χ3n) is 3.02. The third-order valence-corrected chi connectivity index (χ3v) is 3.02. The number of amides is 1. The standard InChI is InChI=1S/C15H14N2O4/c1-17(14(19)12-8-16-7-6-13(12)18)9-10-2-4-11(5-3-10)15(20)21/h2-8H,9H2,1H3,(H,16,18)(H,20,21). The van der Waals surface area contributed by atoms with E-state index in [1.54, 1.807) is 19.2 Å². The Hall–Kier alpha value is -2.89. The summed E-state index contributed by atoms with van der Waals surface area (Å²) in [5, 5.41) is 8.82. The highest BCUT2D eigenvalue weighted by Crippen LogP contribution is 2.08. The quantitative estimate of drug-likeness (QED) is 0.887. The van der Waals surface area contributed by atoms with E-state index in [0.717, 1.165) is 5.56 Å². The molecule has 0 aliphatic heterocycles. The van der Waals surface area contributed by atoms with Gasteiger partial charge in [0.2, 0.25) is 0 Å². The molecular formula is C15H14N2O4. The first-order chi connectivity index (χ1) is 9.99. The van der Waals surface area contributed by atoms with Gasteiger partial charge in [-0.2, -0.15) is 0 Å². The fraction of sp³-hybridized carbons (Fsp3) is 0.133. The smallest absolute Gasteiger partial charge is 0.335 e. The highest BCUT2D eigenvalue weighted by Gasteiger charge is 2.15. The van der Waals surface area contributed by atoms with E-state index in [4.69, 9.17) is 5.11 Å². The molecule has 2 N–H and O–H groups in total. The molecule has 0 atom stereocenters. The number of rotatable bonds is 4. The van der Waals surface area contributed by atoms with Crippen molar-refractivity contribution >= 4 is 11.9 Å². The highest BCUT2D eigenvalue weighted by molar-refractivity contribution is 5.93. The SMILES string of the molecule is CN(Cc1ccc(C(=O)O)cc1)C(=O)c1c[nH]ccc1=O. The minimum Gasteiger partial charge on any atom is -0.478 e. The van der Waals surface area contributed by atoms with E-state index in [1.807, 2.05) is 0 Å². The van der Waals surface area contributed by atoms with E-state index < -0.39 is 5.97 Å². The molecule has 0 bridgehead atoms. The number of aromatic carboxylic acids is 1. The molecule has 2 aromatic rings. The number of nitrogens with one attached hydrogen (secondary N) is 1. The van der Waals surface area contributed by atoms with Gasteiger partial charge in [-0.05, 0) is 17.7 Å². The average Bonchev–Trinajstić information content (AvgIpc) is 2.47. The van der Waals surface area contributed by atoms with E-state index in [2.05, 4.69) is 4.98 Å². The molecule has 0 saturated heterocycles. The van der Waals surface area contributed by atoms with E-state index in [-0.39, 0.29) is 29.0 Å². The molecule has 1 aromatic carbocycles. The number of carboxylic acids is 1. The highest BCUT2D eigenvalue weighted by atomic mass is 16.4. The van der Waals surface area contributed by atoms with Crippen LogP contribution in [0.3, 0.4) is 0 Å². The number of pyridine rings is 1. The number of benzene rings is 1. The van der Waals surface area contributed by atoms with E-state index in [0.29, 0.717) is 0 Å². The number of H-pyrrole nitrogens is 1. The van der Waals surface area contributed by atoms with Gasteiger partial charge in [0.1, 0.15) is 5.56 Å². The zero-order valence-electron chi connectivity index (χ0n) is 11.4. The molecule has 1 heterocycles. The van der Waals surface area contributed by atoms with Gasteiger partial charge in [-0.3, -0.25) is 9.59 Å². The predicted molar refractivity (Wildman–Crippen MR) is 76.3 cm³/mol. The van der Waals surface area contributed by atoms with Crippen LogP contribution in [0.5, 0.6) is 0 Å². The molecule has 0 radical (unpaired) electrons. The van der Waals surface area contributed by atoms with Crippen molar-refractivity contribution in [3.63, 3.8) is 0 Å². The summed E-state index contributed by atoms with van der Waals surface area (Å²) in [5.74, 6) is -1.39. The molecule has 6 nitrogen and oxygen atoms in total. The molecule has 0 aliphatic carbocycles. The Kier molecular flexibility index (Phi) is 4.18.